The van der Waals surface area contributed by atoms with Crippen molar-refractivity contribution < 1.29 is 4.74 Å². The Labute approximate surface area is 81.9 Å². The van der Waals surface area contributed by atoms with Crippen molar-refractivity contribution in [3.63, 3.8) is 0 Å². The van der Waals surface area contributed by atoms with Gasteiger partial charge in [-0.15, -0.1) is 0 Å². The summed E-state index contributed by atoms with van der Waals surface area (Å²) in [7, 11) is 1.66. The molecule has 0 aliphatic heterocycles. The summed E-state index contributed by atoms with van der Waals surface area (Å²) in [6.45, 7) is 2.65. The normalized spacial score (nSPS) is 8.33. The summed E-state index contributed by atoms with van der Waals surface area (Å²) in [4.78, 5) is 0. The van der Waals surface area contributed by atoms with E-state index >= 15 is 0 Å². The number of halogens is 1. The molecular weight excluding hydrogens is 218 g/mol. The van der Waals surface area contributed by atoms with E-state index in [1.807, 2.05) is 31.2 Å². The topological polar surface area (TPSA) is 35.2 Å². The number of ether oxygens (including phenoxy) is 1. The van der Waals surface area contributed by atoms with E-state index in [0.29, 0.717) is 0 Å². The van der Waals surface area contributed by atoms with Gasteiger partial charge in [0.1, 0.15) is 5.75 Å². The van der Waals surface area contributed by atoms with Crippen LogP contribution in [0.1, 0.15) is 6.92 Å². The predicted octanol–water partition coefficient (Wildman–Crippen LogP) is 2.42. The van der Waals surface area contributed by atoms with Gasteiger partial charge in [-0.1, -0.05) is 22.9 Å². The van der Waals surface area contributed by atoms with E-state index in [4.69, 9.17) is 10.5 Å². The fourth-order valence-electron chi connectivity index (χ4n) is 0.571. The van der Waals surface area contributed by atoms with Gasteiger partial charge in [0, 0.05) is 4.47 Å². The van der Waals surface area contributed by atoms with Crippen LogP contribution in [0.3, 0.4) is 0 Å². The molecule has 1 rings (SSSR count). The fourth-order valence-corrected chi connectivity index (χ4v) is 0.835. The minimum absolute atomic E-state index is 0.750. The molecule has 0 heterocycles. The van der Waals surface area contributed by atoms with Crippen molar-refractivity contribution >= 4 is 15.9 Å². The minimum atomic E-state index is 0.750. The van der Waals surface area contributed by atoms with Crippen LogP contribution in [-0.2, 0) is 0 Å². The van der Waals surface area contributed by atoms with Crippen LogP contribution in [0.15, 0.2) is 28.7 Å². The van der Waals surface area contributed by atoms with Crippen LogP contribution in [0.4, 0.5) is 0 Å². The lowest BCUT2D eigenvalue weighted by Gasteiger charge is -1.96. The average molecular weight is 232 g/mol. The lowest BCUT2D eigenvalue weighted by molar-refractivity contribution is 0.414. The van der Waals surface area contributed by atoms with Gasteiger partial charge in [-0.25, -0.2) is 0 Å². The van der Waals surface area contributed by atoms with E-state index in [1.54, 1.807) is 7.11 Å². The molecule has 0 bridgehead atoms. The summed E-state index contributed by atoms with van der Waals surface area (Å²) in [6.07, 6.45) is 0. The third-order valence-electron chi connectivity index (χ3n) is 1.05. The number of methoxy groups -OCH3 is 1. The van der Waals surface area contributed by atoms with Crippen molar-refractivity contribution in [2.24, 2.45) is 5.73 Å². The molecular formula is C9H14BrNO. The summed E-state index contributed by atoms with van der Waals surface area (Å²) >= 11 is 3.32. The highest BCUT2D eigenvalue weighted by molar-refractivity contribution is 9.10. The van der Waals surface area contributed by atoms with Crippen molar-refractivity contribution in [2.75, 3.05) is 13.7 Å². The number of benzene rings is 1. The standard InChI is InChI=1S/C7H7BrO.C2H7N/c1-9-7-4-2-6(8)3-5-7;1-2-3/h2-5H,1H3;2-3H2,1H3. The molecule has 12 heavy (non-hydrogen) atoms. The number of rotatable bonds is 1. The van der Waals surface area contributed by atoms with Gasteiger partial charge in [0.15, 0.2) is 0 Å². The van der Waals surface area contributed by atoms with Gasteiger partial charge < -0.3 is 10.5 Å². The fraction of sp³-hybridized carbons (Fsp3) is 0.333. The van der Waals surface area contributed by atoms with Crippen LogP contribution in [0, 0.1) is 0 Å². The van der Waals surface area contributed by atoms with Gasteiger partial charge in [-0.3, -0.25) is 0 Å². The Morgan fingerprint density at radius 1 is 1.33 bits per heavy atom. The summed E-state index contributed by atoms with van der Waals surface area (Å²) in [5.74, 6) is 0.887. The maximum absolute atomic E-state index is 4.95. The second-order valence-electron chi connectivity index (χ2n) is 2.07. The summed E-state index contributed by atoms with van der Waals surface area (Å²) < 4.78 is 6.02. The smallest absolute Gasteiger partial charge is 0.118 e. The Morgan fingerprint density at radius 2 is 1.75 bits per heavy atom. The molecule has 0 fully saturated rings. The van der Waals surface area contributed by atoms with Gasteiger partial charge in [0.2, 0.25) is 0 Å². The van der Waals surface area contributed by atoms with E-state index in [2.05, 4.69) is 15.9 Å². The van der Waals surface area contributed by atoms with E-state index < -0.39 is 0 Å². The second kappa shape index (κ2) is 7.13. The maximum Gasteiger partial charge on any atom is 0.118 e. The molecule has 0 amide bonds. The molecule has 2 N–H and O–H groups in total. The number of hydrogen-bond acceptors (Lipinski definition) is 2. The van der Waals surface area contributed by atoms with Gasteiger partial charge in [-0.2, -0.15) is 0 Å². The van der Waals surface area contributed by atoms with Crippen LogP contribution in [0.25, 0.3) is 0 Å². The highest BCUT2D eigenvalue weighted by Gasteiger charge is 1.86. The third kappa shape index (κ3) is 5.16. The molecule has 0 saturated heterocycles. The summed E-state index contributed by atoms with van der Waals surface area (Å²) in [5, 5.41) is 0. The molecule has 0 aliphatic rings. The van der Waals surface area contributed by atoms with E-state index in [9.17, 15) is 0 Å². The molecule has 0 unspecified atom stereocenters. The maximum atomic E-state index is 4.95. The highest BCUT2D eigenvalue weighted by atomic mass is 79.9. The zero-order valence-corrected chi connectivity index (χ0v) is 8.97. The quantitative estimate of drug-likeness (QED) is 0.806. The molecule has 0 aromatic heterocycles. The van der Waals surface area contributed by atoms with Gasteiger partial charge in [-0.05, 0) is 30.8 Å². The second-order valence-corrected chi connectivity index (χ2v) is 2.98. The first-order chi connectivity index (χ1) is 5.74. The number of hydrogen-bond donors (Lipinski definition) is 1. The Kier molecular flexibility index (Phi) is 6.81. The zero-order valence-electron chi connectivity index (χ0n) is 7.38. The zero-order chi connectivity index (χ0) is 9.40. The van der Waals surface area contributed by atoms with Gasteiger partial charge in [0.25, 0.3) is 0 Å². The Morgan fingerprint density at radius 3 is 2.08 bits per heavy atom. The molecule has 1 aromatic carbocycles. The van der Waals surface area contributed by atoms with Crippen LogP contribution < -0.4 is 10.5 Å². The molecule has 0 spiro atoms. The highest BCUT2D eigenvalue weighted by Crippen LogP contribution is 2.14. The molecule has 0 aliphatic carbocycles. The first-order valence-electron chi connectivity index (χ1n) is 3.74. The van der Waals surface area contributed by atoms with Gasteiger partial charge in [0.05, 0.1) is 7.11 Å². The molecule has 0 saturated carbocycles. The summed E-state index contributed by atoms with van der Waals surface area (Å²) in [6, 6.07) is 7.70. The Balaban J connectivity index is 0.000000354. The first kappa shape index (κ1) is 11.5. The van der Waals surface area contributed by atoms with Crippen LogP contribution in [0.2, 0.25) is 0 Å². The lowest BCUT2D eigenvalue weighted by Crippen LogP contribution is -1.87. The molecule has 0 radical (unpaired) electrons. The van der Waals surface area contributed by atoms with Crippen molar-refractivity contribution in [2.45, 2.75) is 6.92 Å². The van der Waals surface area contributed by atoms with Crippen molar-refractivity contribution in [3.05, 3.63) is 28.7 Å². The molecule has 1 aromatic rings. The molecule has 0 atom stereocenters. The largest absolute Gasteiger partial charge is 0.497 e. The SMILES string of the molecule is CCN.COc1ccc(Br)cc1. The van der Waals surface area contributed by atoms with E-state index in [0.717, 1.165) is 16.8 Å². The molecule has 68 valence electrons. The van der Waals surface area contributed by atoms with Crippen LogP contribution >= 0.6 is 15.9 Å². The monoisotopic (exact) mass is 231 g/mol. The lowest BCUT2D eigenvalue weighted by atomic mass is 10.3. The van der Waals surface area contributed by atoms with Crippen LogP contribution in [-0.4, -0.2) is 13.7 Å². The summed E-state index contributed by atoms with van der Waals surface area (Å²) in [5.41, 5.74) is 4.85. The Bertz CT molecular complexity index is 198. The average Bonchev–Trinajstić information content (AvgIpc) is 2.07. The van der Waals surface area contributed by atoms with E-state index in [-0.39, 0.29) is 0 Å². The minimum Gasteiger partial charge on any atom is -0.497 e. The predicted molar refractivity (Wildman–Crippen MR) is 55.4 cm³/mol. The molecule has 2 nitrogen and oxygen atoms in total. The number of nitrogens with two attached hydrogens (primary N) is 1. The Hall–Kier alpha value is -0.540. The van der Waals surface area contributed by atoms with E-state index in [1.165, 1.54) is 0 Å². The van der Waals surface area contributed by atoms with Crippen LogP contribution in [0.5, 0.6) is 5.75 Å². The van der Waals surface area contributed by atoms with Gasteiger partial charge >= 0.3 is 0 Å². The first-order valence-corrected chi connectivity index (χ1v) is 4.53. The van der Waals surface area contributed by atoms with Crippen molar-refractivity contribution in [3.8, 4) is 5.75 Å². The van der Waals surface area contributed by atoms with Crippen molar-refractivity contribution in [1.29, 1.82) is 0 Å². The van der Waals surface area contributed by atoms with Crippen molar-refractivity contribution in [1.82, 2.24) is 0 Å². The third-order valence-corrected chi connectivity index (χ3v) is 1.58. The molecule has 3 heteroatoms.